The van der Waals surface area contributed by atoms with Crippen LogP contribution in [0, 0.1) is 17.3 Å². The van der Waals surface area contributed by atoms with E-state index < -0.39 is 24.1 Å². The van der Waals surface area contributed by atoms with Crippen molar-refractivity contribution in [3.8, 4) is 0 Å². The lowest BCUT2D eigenvalue weighted by atomic mass is 9.76. The van der Waals surface area contributed by atoms with Crippen LogP contribution in [0.25, 0.3) is 0 Å². The smallest absolute Gasteiger partial charge is 0.303 e. The Labute approximate surface area is 202 Å². The van der Waals surface area contributed by atoms with Crippen LogP contribution in [-0.2, 0) is 22.4 Å². The van der Waals surface area contributed by atoms with Gasteiger partial charge in [0.1, 0.15) is 5.78 Å². The molecule has 0 spiro atoms. The monoisotopic (exact) mass is 466 g/mol. The third-order valence-corrected chi connectivity index (χ3v) is 7.09. The third-order valence-electron chi connectivity index (χ3n) is 7.09. The van der Waals surface area contributed by atoms with E-state index in [0.717, 1.165) is 28.7 Å². The van der Waals surface area contributed by atoms with Crippen molar-refractivity contribution in [3.05, 3.63) is 70.8 Å². The molecule has 0 radical (unpaired) electrons. The van der Waals surface area contributed by atoms with E-state index in [-0.39, 0.29) is 29.5 Å². The molecule has 3 N–H and O–H groups in total. The molecule has 0 aliphatic heterocycles. The first-order valence-electron chi connectivity index (χ1n) is 12.3. The maximum atomic E-state index is 13.6. The van der Waals surface area contributed by atoms with Crippen LogP contribution in [0.3, 0.4) is 0 Å². The van der Waals surface area contributed by atoms with Crippen molar-refractivity contribution in [1.82, 2.24) is 0 Å². The number of carbonyl (C=O) groups excluding carboxylic acids is 1. The fourth-order valence-electron chi connectivity index (χ4n) is 5.40. The van der Waals surface area contributed by atoms with Crippen LogP contribution < -0.4 is 0 Å². The highest BCUT2D eigenvalue weighted by atomic mass is 16.4. The van der Waals surface area contributed by atoms with Gasteiger partial charge in [-0.2, -0.15) is 0 Å². The van der Waals surface area contributed by atoms with Crippen LogP contribution in [0.1, 0.15) is 81.2 Å². The summed E-state index contributed by atoms with van der Waals surface area (Å²) in [6, 6.07) is 15.5. The summed E-state index contributed by atoms with van der Waals surface area (Å²) in [5, 5.41) is 30.8. The van der Waals surface area contributed by atoms with Crippen LogP contribution in [0.5, 0.6) is 0 Å². The summed E-state index contributed by atoms with van der Waals surface area (Å²) in [5.74, 6) is -1.93. The maximum Gasteiger partial charge on any atom is 0.303 e. The minimum Gasteiger partial charge on any atom is -0.481 e. The number of benzene rings is 2. The molecule has 4 unspecified atom stereocenters. The summed E-state index contributed by atoms with van der Waals surface area (Å²) in [5.41, 5.74) is 3.29. The van der Waals surface area contributed by atoms with Gasteiger partial charge in [-0.1, -0.05) is 82.6 Å². The van der Waals surface area contributed by atoms with Crippen molar-refractivity contribution in [2.75, 3.05) is 0 Å². The van der Waals surface area contributed by atoms with Gasteiger partial charge < -0.3 is 15.3 Å². The van der Waals surface area contributed by atoms with E-state index in [2.05, 4.69) is 0 Å². The largest absolute Gasteiger partial charge is 0.481 e. The molecule has 5 heteroatoms. The van der Waals surface area contributed by atoms with Gasteiger partial charge in [-0.05, 0) is 46.9 Å². The first kappa shape index (κ1) is 26.1. The number of aliphatic hydroxyl groups is 2. The molecule has 5 nitrogen and oxygen atoms in total. The van der Waals surface area contributed by atoms with Gasteiger partial charge in [0.05, 0.1) is 12.2 Å². The van der Waals surface area contributed by atoms with Gasteiger partial charge in [0.25, 0.3) is 0 Å². The molecule has 1 aliphatic carbocycles. The second kappa shape index (κ2) is 10.8. The van der Waals surface area contributed by atoms with Crippen molar-refractivity contribution in [2.24, 2.45) is 17.3 Å². The highest BCUT2D eigenvalue weighted by molar-refractivity contribution is 5.89. The number of aliphatic carboxylic acids is 1. The van der Waals surface area contributed by atoms with Crippen molar-refractivity contribution in [1.29, 1.82) is 0 Å². The number of carboxylic acid groups (broad SMARTS) is 1. The van der Waals surface area contributed by atoms with Crippen molar-refractivity contribution in [2.45, 2.75) is 77.9 Å². The highest BCUT2D eigenvalue weighted by Gasteiger charge is 2.53. The SMILES string of the molecule is CCCC(O)c1cccc(CC2C(=O)C(C(C)(C)C)C(O)[C@@H]2c2ccc(CCC(=O)O)cc2)c1. The average molecular weight is 467 g/mol. The third kappa shape index (κ3) is 5.94. The number of ketones is 1. The van der Waals surface area contributed by atoms with E-state index in [1.54, 1.807) is 0 Å². The zero-order chi connectivity index (χ0) is 25.0. The molecule has 0 aromatic heterocycles. The minimum absolute atomic E-state index is 0.0683. The Morgan fingerprint density at radius 3 is 2.32 bits per heavy atom. The molecule has 1 fully saturated rings. The quantitative estimate of drug-likeness (QED) is 0.479. The van der Waals surface area contributed by atoms with E-state index in [9.17, 15) is 19.8 Å². The number of Topliss-reactive ketones (excluding diaryl/α,β-unsaturated/α-hetero) is 1. The van der Waals surface area contributed by atoms with Gasteiger partial charge in [0.2, 0.25) is 0 Å². The zero-order valence-corrected chi connectivity index (χ0v) is 20.7. The fraction of sp³-hybridized carbons (Fsp3) is 0.517. The fourth-order valence-corrected chi connectivity index (χ4v) is 5.40. The number of rotatable bonds is 9. The van der Waals surface area contributed by atoms with Gasteiger partial charge in [-0.3, -0.25) is 9.59 Å². The summed E-state index contributed by atoms with van der Waals surface area (Å²) in [7, 11) is 0. The van der Waals surface area contributed by atoms with Crippen molar-refractivity contribution >= 4 is 11.8 Å². The summed E-state index contributed by atoms with van der Waals surface area (Å²) >= 11 is 0. The molecule has 0 heterocycles. The van der Waals surface area contributed by atoms with Crippen LogP contribution in [0.2, 0.25) is 0 Å². The number of carboxylic acids is 1. The van der Waals surface area contributed by atoms with Crippen LogP contribution in [-0.4, -0.2) is 33.2 Å². The molecule has 3 rings (SSSR count). The van der Waals surface area contributed by atoms with Gasteiger partial charge in [0.15, 0.2) is 0 Å². The maximum absolute atomic E-state index is 13.6. The Morgan fingerprint density at radius 1 is 1.06 bits per heavy atom. The highest BCUT2D eigenvalue weighted by Crippen LogP contribution is 2.48. The molecule has 34 heavy (non-hydrogen) atoms. The molecule has 2 aromatic rings. The van der Waals surface area contributed by atoms with Gasteiger partial charge in [0, 0.05) is 24.2 Å². The lowest BCUT2D eigenvalue weighted by molar-refractivity contribution is -0.137. The standard InChI is InChI=1S/C29H38O5/c1-5-7-23(30)21-9-6-8-19(16-21)17-22-25(28(34)26(27(22)33)29(2,3)4)20-13-10-18(11-14-20)12-15-24(31)32/h6,8-11,13-14,16,22-23,25-26,28,30,34H,5,7,12,15,17H2,1-4H3,(H,31,32)/t22?,23?,25-,26?,28?/m1/s1. The Balaban J connectivity index is 1.92. The molecule has 184 valence electrons. The van der Waals surface area contributed by atoms with E-state index in [4.69, 9.17) is 5.11 Å². The molecule has 0 amide bonds. The Morgan fingerprint density at radius 2 is 1.74 bits per heavy atom. The van der Waals surface area contributed by atoms with Crippen LogP contribution in [0.15, 0.2) is 48.5 Å². The van der Waals surface area contributed by atoms with Crippen LogP contribution in [0.4, 0.5) is 0 Å². The summed E-state index contributed by atoms with van der Waals surface area (Å²) < 4.78 is 0. The number of aryl methyl sites for hydroxylation is 1. The van der Waals surface area contributed by atoms with E-state index >= 15 is 0 Å². The second-order valence-corrected chi connectivity index (χ2v) is 10.8. The van der Waals surface area contributed by atoms with Crippen LogP contribution >= 0.6 is 0 Å². The summed E-state index contributed by atoms with van der Waals surface area (Å²) in [6.45, 7) is 8.02. The van der Waals surface area contributed by atoms with E-state index in [1.165, 1.54) is 0 Å². The Kier molecular flexibility index (Phi) is 8.32. The average Bonchev–Trinajstić information content (AvgIpc) is 3.02. The number of hydrogen-bond acceptors (Lipinski definition) is 4. The van der Waals surface area contributed by atoms with Gasteiger partial charge in [-0.15, -0.1) is 0 Å². The topological polar surface area (TPSA) is 94.8 Å². The molecule has 2 aromatic carbocycles. The molecule has 0 bridgehead atoms. The van der Waals surface area contributed by atoms with E-state index in [1.807, 2.05) is 76.2 Å². The molecular weight excluding hydrogens is 428 g/mol. The predicted molar refractivity (Wildman–Crippen MR) is 133 cm³/mol. The second-order valence-electron chi connectivity index (χ2n) is 10.8. The Bertz CT molecular complexity index is 988. The van der Waals surface area contributed by atoms with Crippen molar-refractivity contribution in [3.63, 3.8) is 0 Å². The molecule has 0 saturated heterocycles. The first-order chi connectivity index (χ1) is 16.0. The predicted octanol–water partition coefficient (Wildman–Crippen LogP) is 5.09. The molecule has 1 aliphatic rings. The lowest BCUT2D eigenvalue weighted by Crippen LogP contribution is -2.34. The summed E-state index contributed by atoms with van der Waals surface area (Å²) in [6.07, 6.45) is 1.27. The van der Waals surface area contributed by atoms with E-state index in [0.29, 0.717) is 19.3 Å². The molecular formula is C29H38O5. The number of aliphatic hydroxyl groups excluding tert-OH is 2. The lowest BCUT2D eigenvalue weighted by Gasteiger charge is -2.29. The van der Waals surface area contributed by atoms with Gasteiger partial charge in [-0.25, -0.2) is 0 Å². The number of hydrogen-bond donors (Lipinski definition) is 3. The number of carbonyl (C=O) groups is 2. The molecule has 5 atom stereocenters. The summed E-state index contributed by atoms with van der Waals surface area (Å²) in [4.78, 5) is 24.5. The molecule has 1 saturated carbocycles. The first-order valence-corrected chi connectivity index (χ1v) is 12.3. The van der Waals surface area contributed by atoms with Crippen molar-refractivity contribution < 1.29 is 24.9 Å². The minimum atomic E-state index is -0.833. The zero-order valence-electron chi connectivity index (χ0n) is 20.7. The normalized spacial score (nSPS) is 23.8. The van der Waals surface area contributed by atoms with Gasteiger partial charge >= 0.3 is 5.97 Å². The Hall–Kier alpha value is -2.50.